The van der Waals surface area contributed by atoms with Crippen LogP contribution >= 0.6 is 0 Å². The second-order valence-corrected chi connectivity index (χ2v) is 5.09. The fourth-order valence-electron chi connectivity index (χ4n) is 2.10. The van der Waals surface area contributed by atoms with E-state index in [9.17, 15) is 4.79 Å². The normalized spacial score (nSPS) is 10.2. The summed E-state index contributed by atoms with van der Waals surface area (Å²) in [5, 5.41) is 2.93. The molecule has 0 unspecified atom stereocenters. The number of carbonyl (C=O) groups excluding carboxylic acids is 1. The van der Waals surface area contributed by atoms with Gasteiger partial charge in [-0.15, -0.1) is 0 Å². The topological polar surface area (TPSA) is 58.4 Å². The number of aryl methyl sites for hydroxylation is 1. The molecule has 0 atom stereocenters. The summed E-state index contributed by atoms with van der Waals surface area (Å²) < 4.78 is 0. The van der Waals surface area contributed by atoms with Crippen molar-refractivity contribution in [2.24, 2.45) is 5.73 Å². The molecule has 2 aromatic carbocycles. The number of hydrogen-bond donors (Lipinski definition) is 2. The third-order valence-corrected chi connectivity index (χ3v) is 3.41. The van der Waals surface area contributed by atoms with E-state index in [1.165, 1.54) is 0 Å². The Morgan fingerprint density at radius 2 is 1.81 bits per heavy atom. The Morgan fingerprint density at radius 3 is 2.43 bits per heavy atom. The summed E-state index contributed by atoms with van der Waals surface area (Å²) in [6.07, 6.45) is 0. The SMILES string of the molecule is Cc1ccccc1NC(=O)CN(C)c1ccc(CN)cc1. The molecule has 0 radical (unpaired) electrons. The Kier molecular flexibility index (Phi) is 4.95. The van der Waals surface area contributed by atoms with E-state index < -0.39 is 0 Å². The minimum absolute atomic E-state index is 0.0327. The molecule has 4 nitrogen and oxygen atoms in total. The standard InChI is InChI=1S/C17H21N3O/c1-13-5-3-4-6-16(13)19-17(21)12-20(2)15-9-7-14(11-18)8-10-15/h3-10H,11-12,18H2,1-2H3,(H,19,21). The van der Waals surface area contributed by atoms with E-state index in [2.05, 4.69) is 5.32 Å². The molecule has 0 aliphatic carbocycles. The summed E-state index contributed by atoms with van der Waals surface area (Å²) in [7, 11) is 1.90. The van der Waals surface area contributed by atoms with Crippen molar-refractivity contribution in [3.05, 3.63) is 59.7 Å². The van der Waals surface area contributed by atoms with Crippen molar-refractivity contribution in [3.63, 3.8) is 0 Å². The van der Waals surface area contributed by atoms with Crippen LogP contribution in [0.15, 0.2) is 48.5 Å². The van der Waals surface area contributed by atoms with E-state index in [-0.39, 0.29) is 5.91 Å². The van der Waals surface area contributed by atoms with Crippen LogP contribution in [-0.4, -0.2) is 19.5 Å². The van der Waals surface area contributed by atoms with E-state index >= 15 is 0 Å². The van der Waals surface area contributed by atoms with E-state index in [0.717, 1.165) is 22.5 Å². The molecule has 1 amide bonds. The van der Waals surface area contributed by atoms with E-state index in [0.29, 0.717) is 13.1 Å². The van der Waals surface area contributed by atoms with Gasteiger partial charge in [-0.05, 0) is 36.2 Å². The van der Waals surface area contributed by atoms with Gasteiger partial charge in [-0.25, -0.2) is 0 Å². The Balaban J connectivity index is 1.97. The number of likely N-dealkylation sites (N-methyl/N-ethyl adjacent to an activating group) is 1. The highest BCUT2D eigenvalue weighted by Crippen LogP contribution is 2.15. The molecule has 0 aliphatic heterocycles. The number of nitrogens with two attached hydrogens (primary N) is 1. The Labute approximate surface area is 125 Å². The second-order valence-electron chi connectivity index (χ2n) is 5.09. The highest BCUT2D eigenvalue weighted by atomic mass is 16.2. The Morgan fingerprint density at radius 1 is 1.14 bits per heavy atom. The van der Waals surface area contributed by atoms with Crippen LogP contribution in [-0.2, 0) is 11.3 Å². The molecular formula is C17H21N3O. The first-order chi connectivity index (χ1) is 10.1. The number of para-hydroxylation sites is 1. The van der Waals surface area contributed by atoms with Crippen LogP contribution in [0.5, 0.6) is 0 Å². The lowest BCUT2D eigenvalue weighted by Crippen LogP contribution is -2.30. The van der Waals surface area contributed by atoms with Gasteiger partial charge in [-0.1, -0.05) is 30.3 Å². The summed E-state index contributed by atoms with van der Waals surface area (Å²) in [6.45, 7) is 2.80. The van der Waals surface area contributed by atoms with Crippen molar-refractivity contribution in [2.45, 2.75) is 13.5 Å². The quantitative estimate of drug-likeness (QED) is 0.886. The lowest BCUT2D eigenvalue weighted by atomic mass is 10.2. The van der Waals surface area contributed by atoms with Gasteiger partial charge in [0.25, 0.3) is 0 Å². The van der Waals surface area contributed by atoms with Gasteiger partial charge in [0.15, 0.2) is 0 Å². The number of hydrogen-bond acceptors (Lipinski definition) is 3. The van der Waals surface area contributed by atoms with Crippen molar-refractivity contribution >= 4 is 17.3 Å². The average molecular weight is 283 g/mol. The third-order valence-electron chi connectivity index (χ3n) is 3.41. The highest BCUT2D eigenvalue weighted by Gasteiger charge is 2.08. The maximum Gasteiger partial charge on any atom is 0.243 e. The fraction of sp³-hybridized carbons (Fsp3) is 0.235. The zero-order valence-electron chi connectivity index (χ0n) is 12.5. The monoisotopic (exact) mass is 283 g/mol. The molecule has 0 aliphatic rings. The molecule has 4 heteroatoms. The number of anilines is 2. The van der Waals surface area contributed by atoms with Crippen LogP contribution in [0.3, 0.4) is 0 Å². The molecule has 0 fully saturated rings. The van der Waals surface area contributed by atoms with Crippen LogP contribution < -0.4 is 16.0 Å². The number of nitrogens with one attached hydrogen (secondary N) is 1. The van der Waals surface area contributed by atoms with E-state index in [1.807, 2.05) is 67.4 Å². The summed E-state index contributed by atoms with van der Waals surface area (Å²) in [6, 6.07) is 15.7. The molecule has 0 saturated carbocycles. The summed E-state index contributed by atoms with van der Waals surface area (Å²) in [5.41, 5.74) is 9.56. The first-order valence-electron chi connectivity index (χ1n) is 6.96. The Bertz CT molecular complexity index is 608. The van der Waals surface area contributed by atoms with Gasteiger partial charge in [0.05, 0.1) is 6.54 Å². The highest BCUT2D eigenvalue weighted by molar-refractivity contribution is 5.94. The van der Waals surface area contributed by atoms with Crippen LogP contribution in [0.25, 0.3) is 0 Å². The Hall–Kier alpha value is -2.33. The van der Waals surface area contributed by atoms with Gasteiger partial charge in [0.2, 0.25) is 5.91 Å². The summed E-state index contributed by atoms with van der Waals surface area (Å²) in [5.74, 6) is -0.0327. The van der Waals surface area contributed by atoms with E-state index in [1.54, 1.807) is 0 Å². The largest absolute Gasteiger partial charge is 0.365 e. The molecule has 2 rings (SSSR count). The lowest BCUT2D eigenvalue weighted by Gasteiger charge is -2.19. The zero-order valence-corrected chi connectivity index (χ0v) is 12.5. The number of amides is 1. The van der Waals surface area contributed by atoms with Crippen LogP contribution in [0.1, 0.15) is 11.1 Å². The summed E-state index contributed by atoms with van der Waals surface area (Å²) in [4.78, 5) is 14.0. The van der Waals surface area contributed by atoms with E-state index in [4.69, 9.17) is 5.73 Å². The predicted octanol–water partition coefficient (Wildman–Crippen LogP) is 2.53. The molecule has 0 saturated heterocycles. The van der Waals surface area contributed by atoms with Crippen molar-refractivity contribution < 1.29 is 4.79 Å². The molecule has 0 heterocycles. The lowest BCUT2D eigenvalue weighted by molar-refractivity contribution is -0.114. The van der Waals surface area contributed by atoms with Crippen LogP contribution in [0.4, 0.5) is 11.4 Å². The molecule has 0 aromatic heterocycles. The van der Waals surface area contributed by atoms with Crippen molar-refractivity contribution in [2.75, 3.05) is 23.8 Å². The van der Waals surface area contributed by atoms with Crippen LogP contribution in [0.2, 0.25) is 0 Å². The molecular weight excluding hydrogens is 262 g/mol. The molecule has 3 N–H and O–H groups in total. The van der Waals surface area contributed by atoms with Crippen molar-refractivity contribution in [3.8, 4) is 0 Å². The van der Waals surface area contributed by atoms with Gasteiger partial charge in [-0.2, -0.15) is 0 Å². The number of rotatable bonds is 5. The first kappa shape index (κ1) is 15.1. The summed E-state index contributed by atoms with van der Waals surface area (Å²) >= 11 is 0. The van der Waals surface area contributed by atoms with Gasteiger partial charge in [0, 0.05) is 25.0 Å². The van der Waals surface area contributed by atoms with Crippen molar-refractivity contribution in [1.82, 2.24) is 0 Å². The first-order valence-corrected chi connectivity index (χ1v) is 6.96. The molecule has 21 heavy (non-hydrogen) atoms. The number of carbonyl (C=O) groups is 1. The maximum absolute atomic E-state index is 12.1. The third kappa shape index (κ3) is 4.07. The average Bonchev–Trinajstić information content (AvgIpc) is 2.49. The molecule has 2 aromatic rings. The minimum Gasteiger partial charge on any atom is -0.365 e. The van der Waals surface area contributed by atoms with Gasteiger partial charge in [-0.3, -0.25) is 4.79 Å². The molecule has 0 spiro atoms. The van der Waals surface area contributed by atoms with Crippen molar-refractivity contribution in [1.29, 1.82) is 0 Å². The molecule has 110 valence electrons. The smallest absolute Gasteiger partial charge is 0.243 e. The van der Waals surface area contributed by atoms with Gasteiger partial charge in [0.1, 0.15) is 0 Å². The van der Waals surface area contributed by atoms with Crippen LogP contribution in [0, 0.1) is 6.92 Å². The second kappa shape index (κ2) is 6.90. The maximum atomic E-state index is 12.1. The molecule has 0 bridgehead atoms. The number of nitrogens with zero attached hydrogens (tertiary/aromatic N) is 1. The zero-order chi connectivity index (χ0) is 15.2. The predicted molar refractivity (Wildman–Crippen MR) is 87.4 cm³/mol. The fourth-order valence-corrected chi connectivity index (χ4v) is 2.10. The van der Waals surface area contributed by atoms with Gasteiger partial charge >= 0.3 is 0 Å². The number of benzene rings is 2. The minimum atomic E-state index is -0.0327. The van der Waals surface area contributed by atoms with Gasteiger partial charge < -0.3 is 16.0 Å².